The molecule has 0 aliphatic rings. The average Bonchev–Trinajstić information content (AvgIpc) is 3.34. The molecule has 16 heteroatoms. The van der Waals surface area contributed by atoms with Gasteiger partial charge in [-0.25, -0.2) is 0 Å². The molecule has 424 valence electrons. The van der Waals surface area contributed by atoms with E-state index in [2.05, 4.69) is 13.8 Å². The van der Waals surface area contributed by atoms with Gasteiger partial charge in [0.1, 0.15) is 13.2 Å². The SMILES string of the molecule is CCCCCCCCCCCCCCCCCC(CC(=O)O)C(=O)OCCOC(=O)C(CCCCCCCCCCCCCCCC)CC(=O)O.OCCN(CCO)CCO.OCCN(CCO)CCO. The molecular formula is C55H110N2O14. The number of ether oxygens (including phenoxy) is 2. The summed E-state index contributed by atoms with van der Waals surface area (Å²) < 4.78 is 10.6. The molecule has 0 spiro atoms. The van der Waals surface area contributed by atoms with Crippen molar-refractivity contribution >= 4 is 23.9 Å². The molecular weight excluding hydrogens is 913 g/mol. The van der Waals surface area contributed by atoms with Crippen LogP contribution in [0.5, 0.6) is 0 Å². The van der Waals surface area contributed by atoms with Gasteiger partial charge in [-0.15, -0.1) is 0 Å². The lowest BCUT2D eigenvalue weighted by atomic mass is 9.97. The van der Waals surface area contributed by atoms with Crippen molar-refractivity contribution in [3.8, 4) is 0 Å². The van der Waals surface area contributed by atoms with E-state index in [-0.39, 0.29) is 65.7 Å². The van der Waals surface area contributed by atoms with Crippen LogP contribution >= 0.6 is 0 Å². The Labute approximate surface area is 431 Å². The highest BCUT2D eigenvalue weighted by molar-refractivity contribution is 5.79. The van der Waals surface area contributed by atoms with Crippen molar-refractivity contribution in [2.75, 3.05) is 92.1 Å². The fourth-order valence-corrected chi connectivity index (χ4v) is 8.41. The number of carboxylic acids is 2. The first-order valence-electron chi connectivity index (χ1n) is 28.4. The zero-order valence-corrected chi connectivity index (χ0v) is 45.3. The van der Waals surface area contributed by atoms with Crippen molar-refractivity contribution in [1.82, 2.24) is 9.80 Å². The van der Waals surface area contributed by atoms with Crippen LogP contribution in [0.4, 0.5) is 0 Å². The summed E-state index contributed by atoms with van der Waals surface area (Å²) in [4.78, 5) is 51.6. The minimum atomic E-state index is -1.04. The van der Waals surface area contributed by atoms with Gasteiger partial charge in [-0.2, -0.15) is 0 Å². The summed E-state index contributed by atoms with van der Waals surface area (Å²) in [5.41, 5.74) is 0. The number of hydrogen-bond acceptors (Lipinski definition) is 14. The predicted octanol–water partition coefficient (Wildman–Crippen LogP) is 8.92. The van der Waals surface area contributed by atoms with Crippen LogP contribution in [-0.2, 0) is 28.7 Å². The molecule has 2 atom stereocenters. The lowest BCUT2D eigenvalue weighted by Gasteiger charge is -2.17. The molecule has 0 aliphatic heterocycles. The quantitative estimate of drug-likeness (QED) is 0.0209. The molecule has 71 heavy (non-hydrogen) atoms. The van der Waals surface area contributed by atoms with Gasteiger partial charge >= 0.3 is 23.9 Å². The Morgan fingerprint density at radius 2 is 0.535 bits per heavy atom. The Balaban J connectivity index is -0.00000190. The van der Waals surface area contributed by atoms with Gasteiger partial charge in [0.05, 0.1) is 64.3 Å². The first-order valence-corrected chi connectivity index (χ1v) is 28.4. The Kier molecular flexibility index (Phi) is 61.6. The zero-order chi connectivity index (χ0) is 53.3. The predicted molar refractivity (Wildman–Crippen MR) is 283 cm³/mol. The summed E-state index contributed by atoms with van der Waals surface area (Å²) in [6.45, 7) is 7.67. The van der Waals surface area contributed by atoms with Crippen LogP contribution in [0.2, 0.25) is 0 Å². The first-order chi connectivity index (χ1) is 34.5. The summed E-state index contributed by atoms with van der Waals surface area (Å²) in [6, 6.07) is 0. The maximum absolute atomic E-state index is 12.6. The number of rotatable bonds is 52. The highest BCUT2D eigenvalue weighted by Gasteiger charge is 2.25. The molecule has 0 bridgehead atoms. The number of nitrogens with zero attached hydrogens (tertiary/aromatic N) is 2. The molecule has 0 rings (SSSR count). The van der Waals surface area contributed by atoms with Crippen molar-refractivity contribution in [3.63, 3.8) is 0 Å². The van der Waals surface area contributed by atoms with E-state index in [1.807, 2.05) is 0 Å². The summed E-state index contributed by atoms with van der Waals surface area (Å²) >= 11 is 0. The molecule has 0 aromatic heterocycles. The number of hydrogen-bond donors (Lipinski definition) is 8. The van der Waals surface area contributed by atoms with Crippen molar-refractivity contribution in [2.24, 2.45) is 11.8 Å². The lowest BCUT2D eigenvalue weighted by molar-refractivity contribution is -0.160. The second kappa shape index (κ2) is 60.1. The van der Waals surface area contributed by atoms with E-state index >= 15 is 0 Å². The second-order valence-electron chi connectivity index (χ2n) is 19.1. The highest BCUT2D eigenvalue weighted by atomic mass is 16.6. The van der Waals surface area contributed by atoms with Gasteiger partial charge in [-0.3, -0.25) is 29.0 Å². The van der Waals surface area contributed by atoms with Crippen LogP contribution in [0.3, 0.4) is 0 Å². The minimum Gasteiger partial charge on any atom is -0.481 e. The molecule has 0 aliphatic carbocycles. The average molecular weight is 1020 g/mol. The van der Waals surface area contributed by atoms with Crippen molar-refractivity contribution in [1.29, 1.82) is 0 Å². The molecule has 2 unspecified atom stereocenters. The Hall–Kier alpha value is -2.44. The van der Waals surface area contributed by atoms with E-state index in [1.165, 1.54) is 141 Å². The monoisotopic (exact) mass is 1020 g/mol. The Bertz CT molecular complexity index is 1090. The van der Waals surface area contributed by atoms with Crippen molar-refractivity contribution in [2.45, 2.75) is 226 Å². The van der Waals surface area contributed by atoms with E-state index in [9.17, 15) is 29.4 Å². The van der Waals surface area contributed by atoms with Crippen LogP contribution in [0.25, 0.3) is 0 Å². The molecule has 8 N–H and O–H groups in total. The summed E-state index contributed by atoms with van der Waals surface area (Å²) in [7, 11) is 0. The summed E-state index contributed by atoms with van der Waals surface area (Å²) in [5.74, 6) is -4.68. The van der Waals surface area contributed by atoms with Gasteiger partial charge in [0.2, 0.25) is 0 Å². The second-order valence-corrected chi connectivity index (χ2v) is 19.1. The number of aliphatic hydroxyl groups excluding tert-OH is 6. The van der Waals surface area contributed by atoms with Crippen LogP contribution in [0, 0.1) is 11.8 Å². The molecule has 0 amide bonds. The number of esters is 2. The van der Waals surface area contributed by atoms with E-state index in [1.54, 1.807) is 9.80 Å². The maximum atomic E-state index is 12.6. The van der Waals surface area contributed by atoms with E-state index < -0.39 is 35.7 Å². The topological polar surface area (TPSA) is 255 Å². The van der Waals surface area contributed by atoms with Gasteiger partial charge in [0.25, 0.3) is 0 Å². The molecule has 0 radical (unpaired) electrons. The third-order valence-corrected chi connectivity index (χ3v) is 12.6. The van der Waals surface area contributed by atoms with Crippen LogP contribution in [0.1, 0.15) is 226 Å². The molecule has 0 fully saturated rings. The molecule has 0 aromatic carbocycles. The zero-order valence-electron chi connectivity index (χ0n) is 45.3. The van der Waals surface area contributed by atoms with E-state index in [0.717, 1.165) is 44.9 Å². The molecule has 0 aromatic rings. The maximum Gasteiger partial charge on any atom is 0.309 e. The standard InChI is InChI=1S/C43H80O8.2C6H15NO3/c1-3-5-7-9-11-13-15-17-19-21-23-25-27-29-31-33-39(37-41(46)47)43(49)51-35-34-50-42(48)38(36-40(44)45)32-30-28-26-24-22-20-18-16-14-12-10-8-6-4-2;2*8-4-1-7(2-5-9)3-6-10/h38-39H,3-37H2,1-2H3,(H,44,45)(H,46,47);2*8-10H,1-6H2. The fraction of sp³-hybridized carbons (Fsp3) is 0.927. The molecule has 16 nitrogen and oxygen atoms in total. The number of aliphatic carboxylic acids is 2. The molecule has 0 heterocycles. The number of carbonyl (C=O) groups excluding carboxylic acids is 2. The Morgan fingerprint density at radius 3 is 0.718 bits per heavy atom. The number of carbonyl (C=O) groups is 4. The highest BCUT2D eigenvalue weighted by Crippen LogP contribution is 2.20. The Morgan fingerprint density at radius 1 is 0.338 bits per heavy atom. The van der Waals surface area contributed by atoms with Gasteiger partial charge < -0.3 is 50.3 Å². The third kappa shape index (κ3) is 56.7. The number of carboxylic acid groups (broad SMARTS) is 2. The van der Waals surface area contributed by atoms with Crippen molar-refractivity contribution < 1.29 is 69.5 Å². The minimum absolute atomic E-state index is 0.0694. The largest absolute Gasteiger partial charge is 0.481 e. The molecule has 0 saturated heterocycles. The summed E-state index contributed by atoms with van der Waals surface area (Å²) in [6.07, 6.45) is 36.2. The third-order valence-electron chi connectivity index (χ3n) is 12.6. The van der Waals surface area contributed by atoms with Gasteiger partial charge in [-0.05, 0) is 12.8 Å². The lowest BCUT2D eigenvalue weighted by Crippen LogP contribution is -2.32. The van der Waals surface area contributed by atoms with Crippen LogP contribution in [-0.4, -0.2) is 167 Å². The van der Waals surface area contributed by atoms with E-state index in [4.69, 9.17) is 40.1 Å². The molecule has 0 saturated carbocycles. The fourth-order valence-electron chi connectivity index (χ4n) is 8.41. The van der Waals surface area contributed by atoms with Crippen molar-refractivity contribution in [3.05, 3.63) is 0 Å². The van der Waals surface area contributed by atoms with Crippen LogP contribution < -0.4 is 0 Å². The van der Waals surface area contributed by atoms with Crippen LogP contribution in [0.15, 0.2) is 0 Å². The van der Waals surface area contributed by atoms with E-state index in [0.29, 0.717) is 52.1 Å². The number of aliphatic hydroxyl groups is 6. The normalized spacial score (nSPS) is 12.0. The van der Waals surface area contributed by atoms with Gasteiger partial charge in [-0.1, -0.05) is 200 Å². The smallest absolute Gasteiger partial charge is 0.309 e. The van der Waals surface area contributed by atoms with Gasteiger partial charge in [0, 0.05) is 39.3 Å². The summed E-state index contributed by atoms with van der Waals surface area (Å²) in [5, 5.41) is 69.5. The number of unbranched alkanes of at least 4 members (excludes halogenated alkanes) is 27. The van der Waals surface area contributed by atoms with Gasteiger partial charge in [0.15, 0.2) is 0 Å². The first kappa shape index (κ1) is 72.8.